The number of fused-ring (bicyclic) bond motifs is 1. The number of nitrogens with zero attached hydrogens (tertiary/aromatic N) is 1. The van der Waals surface area contributed by atoms with E-state index in [1.54, 1.807) is 54.1 Å². The van der Waals surface area contributed by atoms with Crippen molar-refractivity contribution in [1.29, 1.82) is 0 Å². The predicted octanol–water partition coefficient (Wildman–Crippen LogP) is 3.97. The highest BCUT2D eigenvalue weighted by Crippen LogP contribution is 2.23. The molecule has 0 fully saturated rings. The van der Waals surface area contributed by atoms with Gasteiger partial charge in [0.25, 0.3) is 5.91 Å². The van der Waals surface area contributed by atoms with Crippen LogP contribution in [0.15, 0.2) is 48.5 Å². The fraction of sp³-hybridized carbons (Fsp3) is 0.167. The van der Waals surface area contributed by atoms with Gasteiger partial charge in [0.1, 0.15) is 17.3 Å². The van der Waals surface area contributed by atoms with Gasteiger partial charge in [-0.25, -0.2) is 4.39 Å². The number of benzene rings is 2. The standard InChI is InChI=1S/C18H17FN2O2/c1-3-23-13-9-7-12(8-10-13)20-18(22)17-11-14-15(19)5-4-6-16(14)21(17)2/h4-11H,3H2,1-2H3,(H,20,22). The Kier molecular flexibility index (Phi) is 4.02. The number of carbonyl (C=O) groups excluding carboxylic acids is 1. The van der Waals surface area contributed by atoms with Crippen LogP contribution in [0.3, 0.4) is 0 Å². The number of carbonyl (C=O) groups is 1. The summed E-state index contributed by atoms with van der Waals surface area (Å²) in [6, 6.07) is 13.5. The molecule has 0 bridgehead atoms. The normalized spacial score (nSPS) is 10.7. The van der Waals surface area contributed by atoms with Crippen LogP contribution < -0.4 is 10.1 Å². The van der Waals surface area contributed by atoms with Crippen LogP contribution in [-0.4, -0.2) is 17.1 Å². The molecular formula is C18H17FN2O2. The van der Waals surface area contributed by atoms with Gasteiger partial charge in [-0.1, -0.05) is 6.07 Å². The summed E-state index contributed by atoms with van der Waals surface area (Å²) in [4.78, 5) is 12.4. The molecule has 0 saturated heterocycles. The number of hydrogen-bond donors (Lipinski definition) is 1. The highest BCUT2D eigenvalue weighted by Gasteiger charge is 2.15. The van der Waals surface area contributed by atoms with Crippen LogP contribution in [0.2, 0.25) is 0 Å². The maximum atomic E-state index is 13.8. The van der Waals surface area contributed by atoms with E-state index in [0.717, 1.165) is 5.75 Å². The minimum atomic E-state index is -0.335. The van der Waals surface area contributed by atoms with Gasteiger partial charge in [-0.15, -0.1) is 0 Å². The van der Waals surface area contributed by atoms with Crippen LogP contribution in [0.4, 0.5) is 10.1 Å². The van der Waals surface area contributed by atoms with E-state index in [1.165, 1.54) is 6.07 Å². The third-order valence-electron chi connectivity index (χ3n) is 3.69. The van der Waals surface area contributed by atoms with Gasteiger partial charge in [0.15, 0.2) is 0 Å². The predicted molar refractivity (Wildman–Crippen MR) is 88.4 cm³/mol. The van der Waals surface area contributed by atoms with Gasteiger partial charge in [-0.3, -0.25) is 4.79 Å². The van der Waals surface area contributed by atoms with Gasteiger partial charge in [0.2, 0.25) is 0 Å². The second-order valence-corrected chi connectivity index (χ2v) is 5.17. The van der Waals surface area contributed by atoms with E-state index in [2.05, 4.69) is 5.32 Å². The summed E-state index contributed by atoms with van der Waals surface area (Å²) in [7, 11) is 1.74. The van der Waals surface area contributed by atoms with Crippen molar-refractivity contribution in [2.45, 2.75) is 6.92 Å². The smallest absolute Gasteiger partial charge is 0.272 e. The monoisotopic (exact) mass is 312 g/mol. The summed E-state index contributed by atoms with van der Waals surface area (Å²) in [6.45, 7) is 2.50. The van der Waals surface area contributed by atoms with Crippen LogP contribution in [0, 0.1) is 5.82 Å². The summed E-state index contributed by atoms with van der Waals surface area (Å²) < 4.78 is 20.9. The van der Waals surface area contributed by atoms with Crippen molar-refractivity contribution in [1.82, 2.24) is 4.57 Å². The quantitative estimate of drug-likeness (QED) is 0.792. The third-order valence-corrected chi connectivity index (χ3v) is 3.69. The Labute approximate surface area is 133 Å². The molecule has 118 valence electrons. The molecule has 0 radical (unpaired) electrons. The van der Waals surface area contributed by atoms with E-state index in [1.807, 2.05) is 6.92 Å². The minimum Gasteiger partial charge on any atom is -0.494 e. The number of anilines is 1. The molecule has 2 aromatic carbocycles. The molecule has 1 aromatic heterocycles. The lowest BCUT2D eigenvalue weighted by Crippen LogP contribution is -2.15. The molecule has 3 rings (SSSR count). The van der Waals surface area contributed by atoms with Crippen LogP contribution >= 0.6 is 0 Å². The molecule has 0 atom stereocenters. The number of ether oxygens (including phenoxy) is 1. The molecule has 0 aliphatic carbocycles. The lowest BCUT2D eigenvalue weighted by Gasteiger charge is -2.08. The van der Waals surface area contributed by atoms with Crippen molar-refractivity contribution < 1.29 is 13.9 Å². The summed E-state index contributed by atoms with van der Waals surface area (Å²) in [5.41, 5.74) is 1.74. The van der Waals surface area contributed by atoms with Gasteiger partial charge in [0, 0.05) is 18.1 Å². The zero-order valence-electron chi connectivity index (χ0n) is 13.0. The number of aromatic nitrogens is 1. The van der Waals surface area contributed by atoms with Crippen molar-refractivity contribution in [3.8, 4) is 5.75 Å². The molecule has 0 aliphatic heterocycles. The van der Waals surface area contributed by atoms with Crippen LogP contribution in [0.25, 0.3) is 10.9 Å². The Bertz CT molecular complexity index is 853. The number of amides is 1. The van der Waals surface area contributed by atoms with E-state index in [9.17, 15) is 9.18 Å². The SMILES string of the molecule is CCOc1ccc(NC(=O)c2cc3c(F)cccc3n2C)cc1. The lowest BCUT2D eigenvalue weighted by atomic mass is 10.2. The van der Waals surface area contributed by atoms with Crippen molar-refractivity contribution in [3.63, 3.8) is 0 Å². The number of halogens is 1. The lowest BCUT2D eigenvalue weighted by molar-refractivity contribution is 0.101. The fourth-order valence-electron chi connectivity index (χ4n) is 2.54. The molecule has 0 aliphatic rings. The van der Waals surface area contributed by atoms with Gasteiger partial charge >= 0.3 is 0 Å². The van der Waals surface area contributed by atoms with E-state index in [4.69, 9.17) is 4.74 Å². The molecular weight excluding hydrogens is 295 g/mol. The van der Waals surface area contributed by atoms with Crippen LogP contribution in [-0.2, 0) is 7.05 Å². The Morgan fingerprint density at radius 3 is 2.61 bits per heavy atom. The van der Waals surface area contributed by atoms with Crippen molar-refractivity contribution in [3.05, 3.63) is 60.0 Å². The summed E-state index contributed by atoms with van der Waals surface area (Å²) >= 11 is 0. The number of aryl methyl sites for hydroxylation is 1. The molecule has 0 spiro atoms. The molecule has 3 aromatic rings. The molecule has 1 heterocycles. The number of rotatable bonds is 4. The highest BCUT2D eigenvalue weighted by molar-refractivity contribution is 6.06. The van der Waals surface area contributed by atoms with Crippen LogP contribution in [0.1, 0.15) is 17.4 Å². The first-order valence-corrected chi connectivity index (χ1v) is 7.38. The zero-order valence-corrected chi connectivity index (χ0v) is 13.0. The fourth-order valence-corrected chi connectivity index (χ4v) is 2.54. The minimum absolute atomic E-state index is 0.285. The first-order chi connectivity index (χ1) is 11.1. The van der Waals surface area contributed by atoms with Gasteiger partial charge < -0.3 is 14.6 Å². The molecule has 4 nitrogen and oxygen atoms in total. The number of hydrogen-bond acceptors (Lipinski definition) is 2. The molecule has 0 unspecified atom stereocenters. The highest BCUT2D eigenvalue weighted by atomic mass is 19.1. The Hall–Kier alpha value is -2.82. The molecule has 0 saturated carbocycles. The van der Waals surface area contributed by atoms with E-state index >= 15 is 0 Å². The van der Waals surface area contributed by atoms with Crippen molar-refractivity contribution in [2.75, 3.05) is 11.9 Å². The summed E-state index contributed by atoms with van der Waals surface area (Å²) in [5, 5.41) is 3.25. The first kappa shape index (κ1) is 15.1. The maximum Gasteiger partial charge on any atom is 0.272 e. The molecule has 5 heteroatoms. The largest absolute Gasteiger partial charge is 0.494 e. The van der Waals surface area contributed by atoms with Gasteiger partial charge in [-0.2, -0.15) is 0 Å². The Morgan fingerprint density at radius 2 is 1.96 bits per heavy atom. The zero-order chi connectivity index (χ0) is 16.4. The second kappa shape index (κ2) is 6.12. The molecule has 23 heavy (non-hydrogen) atoms. The van der Waals surface area contributed by atoms with E-state index in [-0.39, 0.29) is 11.7 Å². The molecule has 1 amide bonds. The average Bonchev–Trinajstić information content (AvgIpc) is 2.88. The van der Waals surface area contributed by atoms with Gasteiger partial charge in [0.05, 0.1) is 12.1 Å². The van der Waals surface area contributed by atoms with Crippen molar-refractivity contribution in [2.24, 2.45) is 7.05 Å². The molecule has 1 N–H and O–H groups in total. The Morgan fingerprint density at radius 1 is 1.22 bits per heavy atom. The van der Waals surface area contributed by atoms with E-state index in [0.29, 0.717) is 28.9 Å². The van der Waals surface area contributed by atoms with Crippen molar-refractivity contribution >= 4 is 22.5 Å². The first-order valence-electron chi connectivity index (χ1n) is 7.38. The topological polar surface area (TPSA) is 43.3 Å². The third kappa shape index (κ3) is 2.90. The van der Waals surface area contributed by atoms with Crippen LogP contribution in [0.5, 0.6) is 5.75 Å². The maximum absolute atomic E-state index is 13.8. The van der Waals surface area contributed by atoms with Gasteiger partial charge in [-0.05, 0) is 49.4 Å². The average molecular weight is 312 g/mol. The Balaban J connectivity index is 1.86. The number of nitrogens with one attached hydrogen (secondary N) is 1. The van der Waals surface area contributed by atoms with E-state index < -0.39 is 0 Å². The summed E-state index contributed by atoms with van der Waals surface area (Å²) in [5.74, 6) is 0.127. The summed E-state index contributed by atoms with van der Waals surface area (Å²) in [6.07, 6.45) is 0. The second-order valence-electron chi connectivity index (χ2n) is 5.17.